The Bertz CT molecular complexity index is 1120. The molecule has 11 heteroatoms. The van der Waals surface area contributed by atoms with Crippen molar-refractivity contribution in [2.45, 2.75) is 51.2 Å². The Hall–Kier alpha value is -2.34. The second-order valence-corrected chi connectivity index (χ2v) is 11.5. The van der Waals surface area contributed by atoms with Gasteiger partial charge in [-0.25, -0.2) is 8.42 Å². The van der Waals surface area contributed by atoms with Crippen LogP contribution in [0.25, 0.3) is 6.08 Å². The van der Waals surface area contributed by atoms with Crippen molar-refractivity contribution >= 4 is 45.2 Å². The van der Waals surface area contributed by atoms with Gasteiger partial charge in [-0.3, -0.25) is 9.59 Å². The topological polar surface area (TPSA) is 119 Å². The average molecular weight is 507 g/mol. The smallest absolute Gasteiger partial charge is 0.253 e. The fourth-order valence-electron chi connectivity index (χ4n) is 4.86. The van der Waals surface area contributed by atoms with E-state index in [0.717, 1.165) is 16.7 Å². The van der Waals surface area contributed by atoms with Crippen LogP contribution in [0, 0.1) is 13.8 Å². The Morgan fingerprint density at radius 1 is 1.15 bits per heavy atom. The van der Waals surface area contributed by atoms with Crippen molar-refractivity contribution in [3.63, 3.8) is 0 Å². The maximum atomic E-state index is 13.0. The molecule has 184 valence electrons. The lowest BCUT2D eigenvalue weighted by molar-refractivity contribution is -0.125. The minimum Gasteiger partial charge on any atom is -0.393 e. The van der Waals surface area contributed by atoms with E-state index in [9.17, 15) is 23.1 Å². The lowest BCUT2D eigenvalue weighted by atomic mass is 9.89. The second kappa shape index (κ2) is 9.37. The standard InChI is InChI=1S/C23H30N4O5S2/c1-15-13-17(20(29)26-8-3-18(28)4-9-26)14-16(2)19(15)5-12-34(31,32)27-10-6-23(7-11-27)21(30)24-22(33)25-23/h5,12-14,18,28H,3-4,6-11H2,1-2H3,(H2,24,25,30,33)/b12-5+. The molecule has 1 aromatic carbocycles. The van der Waals surface area contributed by atoms with Crippen molar-refractivity contribution in [2.24, 2.45) is 0 Å². The van der Waals surface area contributed by atoms with Crippen molar-refractivity contribution in [1.82, 2.24) is 19.8 Å². The normalized spacial score (nSPS) is 21.8. The van der Waals surface area contributed by atoms with Crippen LogP contribution in [0.1, 0.15) is 52.7 Å². The van der Waals surface area contributed by atoms with E-state index < -0.39 is 15.6 Å². The van der Waals surface area contributed by atoms with Gasteiger partial charge in [0.2, 0.25) is 10.0 Å². The number of benzene rings is 1. The van der Waals surface area contributed by atoms with Gasteiger partial charge in [-0.2, -0.15) is 4.31 Å². The van der Waals surface area contributed by atoms with Gasteiger partial charge < -0.3 is 20.6 Å². The molecule has 0 unspecified atom stereocenters. The highest BCUT2D eigenvalue weighted by molar-refractivity contribution is 7.92. The van der Waals surface area contributed by atoms with Crippen molar-refractivity contribution in [2.75, 3.05) is 26.2 Å². The van der Waals surface area contributed by atoms with Gasteiger partial charge in [-0.05, 0) is 86.6 Å². The summed E-state index contributed by atoms with van der Waals surface area (Å²) < 4.78 is 27.3. The summed E-state index contributed by atoms with van der Waals surface area (Å²) in [6.07, 6.45) is 3.06. The molecular formula is C23H30N4O5S2. The molecule has 9 nitrogen and oxygen atoms in total. The van der Waals surface area contributed by atoms with Crippen molar-refractivity contribution in [3.05, 3.63) is 39.8 Å². The number of aliphatic hydroxyl groups excluding tert-OH is 1. The Morgan fingerprint density at radius 3 is 2.26 bits per heavy atom. The van der Waals surface area contributed by atoms with E-state index in [1.807, 2.05) is 13.8 Å². The number of carbonyl (C=O) groups is 2. The monoisotopic (exact) mass is 506 g/mol. The summed E-state index contributed by atoms with van der Waals surface area (Å²) in [6.45, 7) is 5.19. The van der Waals surface area contributed by atoms with Gasteiger partial charge in [-0.1, -0.05) is 0 Å². The summed E-state index contributed by atoms with van der Waals surface area (Å²) in [7, 11) is -3.68. The number of rotatable bonds is 4. The Balaban J connectivity index is 1.45. The second-order valence-electron chi connectivity index (χ2n) is 9.28. The third kappa shape index (κ3) is 4.88. The molecule has 1 spiro atoms. The fourth-order valence-corrected chi connectivity index (χ4v) is 6.32. The van der Waals surface area contributed by atoms with Crippen LogP contribution in [0.5, 0.6) is 0 Å². The van der Waals surface area contributed by atoms with E-state index in [1.54, 1.807) is 23.1 Å². The maximum Gasteiger partial charge on any atom is 0.253 e. The molecule has 3 aliphatic heterocycles. The molecule has 2 amide bonds. The lowest BCUT2D eigenvalue weighted by Crippen LogP contribution is -2.55. The van der Waals surface area contributed by atoms with Crippen molar-refractivity contribution in [1.29, 1.82) is 0 Å². The number of likely N-dealkylation sites (tertiary alicyclic amines) is 1. The third-order valence-corrected chi connectivity index (χ3v) is 8.72. The largest absolute Gasteiger partial charge is 0.393 e. The highest BCUT2D eigenvalue weighted by atomic mass is 32.2. The fraction of sp³-hybridized carbons (Fsp3) is 0.522. The third-order valence-electron chi connectivity index (χ3n) is 6.95. The van der Waals surface area contributed by atoms with E-state index in [4.69, 9.17) is 12.2 Å². The zero-order chi connectivity index (χ0) is 24.7. The molecule has 0 radical (unpaired) electrons. The Labute approximate surface area is 205 Å². The number of carbonyl (C=O) groups excluding carboxylic acids is 2. The summed E-state index contributed by atoms with van der Waals surface area (Å²) >= 11 is 5.02. The van der Waals surface area contributed by atoms with Gasteiger partial charge in [0.25, 0.3) is 11.8 Å². The summed E-state index contributed by atoms with van der Waals surface area (Å²) in [5, 5.41) is 16.7. The minimum absolute atomic E-state index is 0.0764. The van der Waals surface area contributed by atoms with Gasteiger partial charge in [0, 0.05) is 37.2 Å². The highest BCUT2D eigenvalue weighted by Crippen LogP contribution is 2.28. The van der Waals surface area contributed by atoms with Gasteiger partial charge in [0.05, 0.1) is 6.10 Å². The van der Waals surface area contributed by atoms with Crippen LogP contribution < -0.4 is 10.6 Å². The van der Waals surface area contributed by atoms with E-state index in [1.165, 1.54) is 9.71 Å². The molecule has 3 aliphatic rings. The first kappa shape index (κ1) is 24.8. The predicted octanol–water partition coefficient (Wildman–Crippen LogP) is 1.04. The Morgan fingerprint density at radius 2 is 1.74 bits per heavy atom. The van der Waals surface area contributed by atoms with E-state index in [2.05, 4.69) is 10.6 Å². The number of hydrogen-bond acceptors (Lipinski definition) is 6. The number of hydrogen-bond donors (Lipinski definition) is 3. The van der Waals surface area contributed by atoms with Crippen LogP contribution in [0.4, 0.5) is 0 Å². The number of nitrogens with zero attached hydrogens (tertiary/aromatic N) is 2. The van der Waals surface area contributed by atoms with Crippen LogP contribution in [0.3, 0.4) is 0 Å². The first-order valence-electron chi connectivity index (χ1n) is 11.4. The number of nitrogens with one attached hydrogen (secondary N) is 2. The molecule has 0 aliphatic carbocycles. The SMILES string of the molecule is Cc1cc(C(=O)N2CCC(O)CC2)cc(C)c1/C=C/S(=O)(=O)N1CCC2(CC1)NC(=S)NC2=O. The molecule has 3 N–H and O–H groups in total. The molecule has 3 fully saturated rings. The molecule has 0 aromatic heterocycles. The molecule has 0 saturated carbocycles. The van der Waals surface area contributed by atoms with Gasteiger partial charge >= 0.3 is 0 Å². The zero-order valence-corrected chi connectivity index (χ0v) is 21.0. The van der Waals surface area contributed by atoms with Gasteiger partial charge in [0.1, 0.15) is 5.54 Å². The number of thiocarbonyl (C=S) groups is 1. The van der Waals surface area contributed by atoms with Crippen LogP contribution in [-0.2, 0) is 14.8 Å². The summed E-state index contributed by atoms with van der Waals surface area (Å²) in [6, 6.07) is 3.56. The lowest BCUT2D eigenvalue weighted by Gasteiger charge is -2.36. The number of aliphatic hydroxyl groups is 1. The molecule has 0 atom stereocenters. The Kier molecular flexibility index (Phi) is 6.83. The van der Waals surface area contributed by atoms with Crippen LogP contribution in [-0.4, -0.2) is 77.5 Å². The predicted molar refractivity (Wildman–Crippen MR) is 132 cm³/mol. The van der Waals surface area contributed by atoms with Crippen molar-refractivity contribution in [3.8, 4) is 0 Å². The van der Waals surface area contributed by atoms with E-state index in [-0.39, 0.29) is 36.1 Å². The minimum atomic E-state index is -3.68. The summed E-state index contributed by atoms with van der Waals surface area (Å²) in [5.74, 6) is -0.278. The first-order valence-corrected chi connectivity index (χ1v) is 13.3. The molecule has 4 rings (SSSR count). The van der Waals surface area contributed by atoms with Gasteiger partial charge in [0.15, 0.2) is 5.11 Å². The van der Waals surface area contributed by atoms with Crippen LogP contribution >= 0.6 is 12.2 Å². The number of aryl methyl sites for hydroxylation is 2. The van der Waals surface area contributed by atoms with Gasteiger partial charge in [-0.15, -0.1) is 0 Å². The molecule has 1 aromatic rings. The molecule has 0 bridgehead atoms. The first-order chi connectivity index (χ1) is 16.0. The van der Waals surface area contributed by atoms with E-state index in [0.29, 0.717) is 44.3 Å². The number of amides is 2. The molecule has 3 saturated heterocycles. The number of piperidine rings is 2. The maximum absolute atomic E-state index is 13.0. The summed E-state index contributed by atoms with van der Waals surface area (Å²) in [5.41, 5.74) is 2.11. The average Bonchev–Trinajstić information content (AvgIpc) is 3.05. The number of sulfonamides is 1. The molecule has 3 heterocycles. The van der Waals surface area contributed by atoms with Crippen LogP contribution in [0.2, 0.25) is 0 Å². The summed E-state index contributed by atoms with van der Waals surface area (Å²) in [4.78, 5) is 26.8. The quantitative estimate of drug-likeness (QED) is 0.522. The molecular weight excluding hydrogens is 476 g/mol. The van der Waals surface area contributed by atoms with Crippen molar-refractivity contribution < 1.29 is 23.1 Å². The van der Waals surface area contributed by atoms with E-state index >= 15 is 0 Å². The zero-order valence-electron chi connectivity index (χ0n) is 19.3. The molecule has 34 heavy (non-hydrogen) atoms. The van der Waals surface area contributed by atoms with Crippen LogP contribution in [0.15, 0.2) is 17.5 Å². The highest BCUT2D eigenvalue weighted by Gasteiger charge is 2.47.